The minimum atomic E-state index is -3.65. The van der Waals surface area contributed by atoms with Crippen LogP contribution in [0.1, 0.15) is 13.8 Å². The summed E-state index contributed by atoms with van der Waals surface area (Å²) >= 11 is 2.98. The lowest BCUT2D eigenvalue weighted by Crippen LogP contribution is -2.34. The molecule has 0 atom stereocenters. The molecule has 0 heterocycles. The van der Waals surface area contributed by atoms with E-state index in [1.807, 2.05) is 13.8 Å². The third kappa shape index (κ3) is 4.64. The first-order valence-corrected chi connectivity index (χ1v) is 7.78. The van der Waals surface area contributed by atoms with Crippen molar-refractivity contribution in [3.05, 3.63) is 28.5 Å². The highest BCUT2D eigenvalue weighted by molar-refractivity contribution is 9.10. The van der Waals surface area contributed by atoms with Crippen LogP contribution < -0.4 is 10.0 Å². The van der Waals surface area contributed by atoms with E-state index in [0.717, 1.165) is 6.07 Å². The number of hydrogen-bond donors (Lipinski definition) is 2. The van der Waals surface area contributed by atoms with E-state index in [0.29, 0.717) is 12.6 Å². The molecule has 1 aromatic carbocycles. The van der Waals surface area contributed by atoms with Gasteiger partial charge >= 0.3 is 0 Å². The average molecular weight is 339 g/mol. The summed E-state index contributed by atoms with van der Waals surface area (Å²) in [5.41, 5.74) is 0. The van der Waals surface area contributed by atoms with Crippen LogP contribution in [0.15, 0.2) is 27.6 Å². The number of nitrogens with one attached hydrogen (secondary N) is 2. The first kappa shape index (κ1) is 15.6. The highest BCUT2D eigenvalue weighted by Crippen LogP contribution is 2.19. The summed E-state index contributed by atoms with van der Waals surface area (Å²) in [5, 5.41) is 3.08. The quantitative estimate of drug-likeness (QED) is 0.778. The summed E-state index contributed by atoms with van der Waals surface area (Å²) < 4.78 is 39.5. The molecule has 0 saturated carbocycles. The Kier molecular flexibility index (Phi) is 5.71. The van der Waals surface area contributed by atoms with Gasteiger partial charge < -0.3 is 5.32 Å². The fourth-order valence-electron chi connectivity index (χ4n) is 1.27. The molecule has 7 heteroatoms. The predicted octanol–water partition coefficient (Wildman–Crippen LogP) is 1.86. The van der Waals surface area contributed by atoms with Crippen molar-refractivity contribution in [2.45, 2.75) is 24.8 Å². The van der Waals surface area contributed by atoms with Gasteiger partial charge in [0, 0.05) is 19.1 Å². The molecule has 18 heavy (non-hydrogen) atoms. The molecule has 0 aliphatic rings. The molecule has 102 valence electrons. The van der Waals surface area contributed by atoms with E-state index in [2.05, 4.69) is 26.0 Å². The zero-order chi connectivity index (χ0) is 13.8. The van der Waals surface area contributed by atoms with Crippen molar-refractivity contribution in [3.8, 4) is 0 Å². The Morgan fingerprint density at radius 1 is 1.33 bits per heavy atom. The molecule has 0 bridgehead atoms. The number of sulfonamides is 1. The van der Waals surface area contributed by atoms with E-state index in [1.54, 1.807) is 0 Å². The van der Waals surface area contributed by atoms with Gasteiger partial charge in [-0.1, -0.05) is 13.8 Å². The molecule has 4 nitrogen and oxygen atoms in total. The molecule has 0 fully saturated rings. The molecule has 0 radical (unpaired) electrons. The molecule has 0 aliphatic carbocycles. The monoisotopic (exact) mass is 338 g/mol. The van der Waals surface area contributed by atoms with Crippen LogP contribution in [0, 0.1) is 5.82 Å². The Labute approximate surface area is 115 Å². The van der Waals surface area contributed by atoms with Crippen molar-refractivity contribution in [1.29, 1.82) is 0 Å². The van der Waals surface area contributed by atoms with Gasteiger partial charge in [0.2, 0.25) is 10.0 Å². The third-order valence-electron chi connectivity index (χ3n) is 2.17. The maximum atomic E-state index is 13.3. The van der Waals surface area contributed by atoms with Gasteiger partial charge in [-0.15, -0.1) is 0 Å². The zero-order valence-corrected chi connectivity index (χ0v) is 12.6. The molecule has 2 N–H and O–H groups in total. The second kappa shape index (κ2) is 6.60. The van der Waals surface area contributed by atoms with Crippen LogP contribution in [-0.4, -0.2) is 27.5 Å². The maximum absolute atomic E-state index is 13.3. The topological polar surface area (TPSA) is 58.2 Å². The minimum absolute atomic E-state index is 0.0762. The fraction of sp³-hybridized carbons (Fsp3) is 0.455. The second-order valence-electron chi connectivity index (χ2n) is 4.08. The SMILES string of the molecule is CC(C)NCCNS(=O)(=O)c1ccc(Br)c(F)c1. The van der Waals surface area contributed by atoms with Gasteiger partial charge in [-0.05, 0) is 34.1 Å². The van der Waals surface area contributed by atoms with E-state index >= 15 is 0 Å². The number of benzene rings is 1. The van der Waals surface area contributed by atoms with Crippen molar-refractivity contribution in [1.82, 2.24) is 10.0 Å². The van der Waals surface area contributed by atoms with Crippen molar-refractivity contribution in [2.75, 3.05) is 13.1 Å². The Bertz CT molecular complexity index is 506. The highest BCUT2D eigenvalue weighted by Gasteiger charge is 2.15. The van der Waals surface area contributed by atoms with Gasteiger partial charge in [0.1, 0.15) is 5.82 Å². The average Bonchev–Trinajstić information content (AvgIpc) is 2.28. The van der Waals surface area contributed by atoms with Crippen molar-refractivity contribution in [3.63, 3.8) is 0 Å². The Morgan fingerprint density at radius 2 is 2.00 bits per heavy atom. The summed E-state index contributed by atoms with van der Waals surface area (Å²) in [7, 11) is -3.65. The normalized spacial score (nSPS) is 12.1. The lowest BCUT2D eigenvalue weighted by Gasteiger charge is -2.10. The van der Waals surface area contributed by atoms with Gasteiger partial charge in [0.05, 0.1) is 9.37 Å². The molecule has 0 saturated heterocycles. The van der Waals surface area contributed by atoms with E-state index in [1.165, 1.54) is 12.1 Å². The van der Waals surface area contributed by atoms with Crippen molar-refractivity contribution >= 4 is 26.0 Å². The molecule has 0 unspecified atom stereocenters. The second-order valence-corrected chi connectivity index (χ2v) is 6.70. The Morgan fingerprint density at radius 3 is 2.56 bits per heavy atom. The fourth-order valence-corrected chi connectivity index (χ4v) is 2.56. The van der Waals surface area contributed by atoms with Crippen LogP contribution in [0.5, 0.6) is 0 Å². The molecular weight excluding hydrogens is 323 g/mol. The van der Waals surface area contributed by atoms with Gasteiger partial charge in [-0.25, -0.2) is 17.5 Å². The highest BCUT2D eigenvalue weighted by atomic mass is 79.9. The van der Waals surface area contributed by atoms with E-state index in [-0.39, 0.29) is 15.9 Å². The Balaban J connectivity index is 2.66. The summed E-state index contributed by atoms with van der Waals surface area (Å²) in [4.78, 5) is -0.0762. The third-order valence-corrected chi connectivity index (χ3v) is 4.27. The summed E-state index contributed by atoms with van der Waals surface area (Å²) in [6.45, 7) is 4.73. The lowest BCUT2D eigenvalue weighted by atomic mass is 10.3. The van der Waals surface area contributed by atoms with E-state index in [4.69, 9.17) is 0 Å². The van der Waals surface area contributed by atoms with Gasteiger partial charge in [-0.2, -0.15) is 0 Å². The van der Waals surface area contributed by atoms with Gasteiger partial charge in [-0.3, -0.25) is 0 Å². The smallest absolute Gasteiger partial charge is 0.240 e. The van der Waals surface area contributed by atoms with Gasteiger partial charge in [0.25, 0.3) is 0 Å². The molecule has 1 aromatic rings. The Hall–Kier alpha value is -0.500. The lowest BCUT2D eigenvalue weighted by molar-refractivity contribution is 0.558. The molecule has 0 aromatic heterocycles. The van der Waals surface area contributed by atoms with Gasteiger partial charge in [0.15, 0.2) is 0 Å². The van der Waals surface area contributed by atoms with E-state index < -0.39 is 15.8 Å². The standard InChI is InChI=1S/C11H16BrFN2O2S/c1-8(2)14-5-6-15-18(16,17)9-3-4-10(12)11(13)7-9/h3-4,7-8,14-15H,5-6H2,1-2H3. The molecule has 1 rings (SSSR count). The van der Waals surface area contributed by atoms with E-state index in [9.17, 15) is 12.8 Å². The van der Waals surface area contributed by atoms with Crippen LogP contribution in [-0.2, 0) is 10.0 Å². The summed E-state index contributed by atoms with van der Waals surface area (Å²) in [5.74, 6) is -0.599. The molecule has 0 aliphatic heterocycles. The predicted molar refractivity (Wildman–Crippen MR) is 72.4 cm³/mol. The first-order valence-electron chi connectivity index (χ1n) is 5.51. The zero-order valence-electron chi connectivity index (χ0n) is 10.2. The van der Waals surface area contributed by atoms with Crippen LogP contribution in [0.3, 0.4) is 0 Å². The van der Waals surface area contributed by atoms with Crippen LogP contribution >= 0.6 is 15.9 Å². The molecular formula is C11H16BrFN2O2S. The number of halogens is 2. The summed E-state index contributed by atoms with van der Waals surface area (Å²) in [6, 6.07) is 4.00. The van der Waals surface area contributed by atoms with Crippen LogP contribution in [0.25, 0.3) is 0 Å². The molecule has 0 amide bonds. The number of rotatable bonds is 6. The summed E-state index contributed by atoms with van der Waals surface area (Å²) in [6.07, 6.45) is 0. The van der Waals surface area contributed by atoms with Crippen LogP contribution in [0.2, 0.25) is 0 Å². The minimum Gasteiger partial charge on any atom is -0.313 e. The first-order chi connectivity index (χ1) is 8.33. The molecule has 0 spiro atoms. The number of hydrogen-bond acceptors (Lipinski definition) is 3. The van der Waals surface area contributed by atoms with Crippen LogP contribution in [0.4, 0.5) is 4.39 Å². The maximum Gasteiger partial charge on any atom is 0.240 e. The van der Waals surface area contributed by atoms with Crippen molar-refractivity contribution < 1.29 is 12.8 Å². The largest absolute Gasteiger partial charge is 0.313 e. The van der Waals surface area contributed by atoms with Crippen molar-refractivity contribution in [2.24, 2.45) is 0 Å².